The van der Waals surface area contributed by atoms with Gasteiger partial charge in [-0.05, 0) is 26.2 Å². The zero-order valence-electron chi connectivity index (χ0n) is 18.7. The molecule has 0 fully saturated rings. The third-order valence-electron chi connectivity index (χ3n) is 4.36. The van der Waals surface area contributed by atoms with Crippen molar-refractivity contribution in [2.24, 2.45) is 27.9 Å². The van der Waals surface area contributed by atoms with Crippen LogP contribution >= 0.6 is 0 Å². The molecular weight excluding hydrogens is 456 g/mol. The molecule has 16 heteroatoms. The van der Waals surface area contributed by atoms with E-state index in [-0.39, 0.29) is 31.8 Å². The normalized spacial score (nSPS) is 13.9. The third-order valence-corrected chi connectivity index (χ3v) is 4.36. The molecule has 0 rings (SSSR count). The molecule has 0 aliphatic carbocycles. The molecule has 192 valence electrons. The fourth-order valence-electron chi connectivity index (χ4n) is 2.54. The number of guanidine groups is 1. The molecule has 0 aromatic carbocycles. The number of nitrogens with one attached hydrogen (secondary N) is 3. The van der Waals surface area contributed by atoms with Crippen molar-refractivity contribution in [1.82, 2.24) is 16.0 Å². The summed E-state index contributed by atoms with van der Waals surface area (Å²) in [5.41, 5.74) is 21.2. The van der Waals surface area contributed by atoms with Crippen LogP contribution in [-0.2, 0) is 28.8 Å². The smallest absolute Gasteiger partial charge is 0.326 e. The number of rotatable bonds is 16. The van der Waals surface area contributed by atoms with Crippen LogP contribution in [0.4, 0.5) is 0 Å². The number of nitrogens with two attached hydrogens (primary N) is 4. The van der Waals surface area contributed by atoms with Crippen molar-refractivity contribution in [3.63, 3.8) is 0 Å². The van der Waals surface area contributed by atoms with Gasteiger partial charge in [0.15, 0.2) is 5.96 Å². The zero-order chi connectivity index (χ0) is 26.4. The monoisotopic (exact) mass is 488 g/mol. The third kappa shape index (κ3) is 12.8. The first-order valence-electron chi connectivity index (χ1n) is 10.2. The topological polar surface area (TPSA) is 295 Å². The number of nitrogens with zero attached hydrogens (tertiary/aromatic N) is 1. The maximum Gasteiger partial charge on any atom is 0.326 e. The summed E-state index contributed by atoms with van der Waals surface area (Å²) in [6.45, 7) is 1.57. The SMILES string of the molecule is CC(NC(=O)C(N)CCCN=C(N)N)C(=O)NC(CCC(N)=O)C(=O)NC(CC(=O)O)C(=O)O. The van der Waals surface area contributed by atoms with Gasteiger partial charge < -0.3 is 49.1 Å². The number of carboxylic acids is 2. The van der Waals surface area contributed by atoms with Gasteiger partial charge in [-0.15, -0.1) is 0 Å². The largest absolute Gasteiger partial charge is 0.481 e. The second-order valence-electron chi connectivity index (χ2n) is 7.35. The van der Waals surface area contributed by atoms with Gasteiger partial charge in [0.1, 0.15) is 18.1 Å². The maximum atomic E-state index is 12.5. The number of amides is 4. The highest BCUT2D eigenvalue weighted by atomic mass is 16.4. The van der Waals surface area contributed by atoms with Gasteiger partial charge in [0.2, 0.25) is 23.6 Å². The quantitative estimate of drug-likeness (QED) is 0.0568. The number of carboxylic acid groups (broad SMARTS) is 2. The second kappa shape index (κ2) is 15.0. The first-order valence-corrected chi connectivity index (χ1v) is 10.2. The summed E-state index contributed by atoms with van der Waals surface area (Å²) in [6.07, 6.45) is -0.914. The van der Waals surface area contributed by atoms with Crippen LogP contribution in [0.2, 0.25) is 0 Å². The molecule has 0 aliphatic heterocycles. The Balaban J connectivity index is 5.07. The van der Waals surface area contributed by atoms with Gasteiger partial charge in [-0.1, -0.05) is 0 Å². The summed E-state index contributed by atoms with van der Waals surface area (Å²) < 4.78 is 0. The Morgan fingerprint density at radius 2 is 1.44 bits per heavy atom. The average Bonchev–Trinajstić information content (AvgIpc) is 2.72. The minimum Gasteiger partial charge on any atom is -0.481 e. The summed E-state index contributed by atoms with van der Waals surface area (Å²) >= 11 is 0. The number of primary amides is 1. The molecule has 0 radical (unpaired) electrons. The lowest BCUT2D eigenvalue weighted by Crippen LogP contribution is -2.56. The molecule has 34 heavy (non-hydrogen) atoms. The Hall–Kier alpha value is -3.95. The standard InChI is InChI=1S/C18H32N8O8/c1-8(24-15(31)9(19)3-2-6-23-18(21)22)14(30)25-10(4-5-12(20)27)16(32)26-11(17(33)34)7-13(28)29/h8-11H,2-7,19H2,1H3,(H2,20,27)(H,24,31)(H,25,30)(H,26,32)(H,28,29)(H,33,34)(H4,21,22,23). The molecule has 0 spiro atoms. The number of carbonyl (C=O) groups excluding carboxylic acids is 4. The van der Waals surface area contributed by atoms with Crippen LogP contribution in [0.1, 0.15) is 39.0 Å². The van der Waals surface area contributed by atoms with E-state index in [4.69, 9.17) is 33.1 Å². The first kappa shape index (κ1) is 30.1. The van der Waals surface area contributed by atoms with Crippen LogP contribution in [0.15, 0.2) is 4.99 Å². The Kier molecular flexibility index (Phi) is 13.2. The van der Waals surface area contributed by atoms with E-state index in [1.807, 2.05) is 5.32 Å². The summed E-state index contributed by atoms with van der Waals surface area (Å²) in [5.74, 6) is -6.51. The second-order valence-corrected chi connectivity index (χ2v) is 7.35. The van der Waals surface area contributed by atoms with Crippen molar-refractivity contribution in [2.75, 3.05) is 6.54 Å². The molecular formula is C18H32N8O8. The van der Waals surface area contributed by atoms with E-state index in [0.29, 0.717) is 6.42 Å². The molecule has 0 saturated heterocycles. The molecule has 0 aliphatic rings. The Morgan fingerprint density at radius 3 is 1.94 bits per heavy atom. The van der Waals surface area contributed by atoms with E-state index in [2.05, 4.69) is 15.6 Å². The summed E-state index contributed by atoms with van der Waals surface area (Å²) in [6, 6.07) is -5.32. The van der Waals surface area contributed by atoms with E-state index in [1.165, 1.54) is 6.92 Å². The minimum absolute atomic E-state index is 0.101. The number of aliphatic imine (C=N–C) groups is 1. The molecule has 16 nitrogen and oxygen atoms in total. The summed E-state index contributed by atoms with van der Waals surface area (Å²) in [7, 11) is 0. The molecule has 0 aromatic heterocycles. The molecule has 4 atom stereocenters. The van der Waals surface area contributed by atoms with E-state index < -0.39 is 66.2 Å². The fraction of sp³-hybridized carbons (Fsp3) is 0.611. The van der Waals surface area contributed by atoms with Crippen molar-refractivity contribution in [1.29, 1.82) is 0 Å². The van der Waals surface area contributed by atoms with Gasteiger partial charge in [0.05, 0.1) is 12.5 Å². The highest BCUT2D eigenvalue weighted by Crippen LogP contribution is 2.02. The molecule has 0 heterocycles. The lowest BCUT2D eigenvalue weighted by Gasteiger charge is -2.23. The summed E-state index contributed by atoms with van der Waals surface area (Å²) in [5, 5.41) is 24.5. The number of hydrogen-bond acceptors (Lipinski definition) is 8. The van der Waals surface area contributed by atoms with Crippen LogP contribution in [0.3, 0.4) is 0 Å². The predicted molar refractivity (Wildman–Crippen MR) is 118 cm³/mol. The molecule has 4 amide bonds. The minimum atomic E-state index is -1.77. The maximum absolute atomic E-state index is 12.5. The van der Waals surface area contributed by atoms with Crippen molar-refractivity contribution in [3.05, 3.63) is 0 Å². The lowest BCUT2D eigenvalue weighted by molar-refractivity contribution is -0.147. The van der Waals surface area contributed by atoms with Gasteiger partial charge in [0, 0.05) is 13.0 Å². The molecule has 13 N–H and O–H groups in total. The van der Waals surface area contributed by atoms with Crippen molar-refractivity contribution in [3.8, 4) is 0 Å². The van der Waals surface area contributed by atoms with E-state index in [0.717, 1.165) is 0 Å². The van der Waals surface area contributed by atoms with E-state index in [9.17, 15) is 28.8 Å². The van der Waals surface area contributed by atoms with Gasteiger partial charge in [0.25, 0.3) is 0 Å². The van der Waals surface area contributed by atoms with Crippen LogP contribution < -0.4 is 38.9 Å². The molecule has 0 saturated carbocycles. The van der Waals surface area contributed by atoms with Gasteiger partial charge in [-0.2, -0.15) is 0 Å². The van der Waals surface area contributed by atoms with Crippen molar-refractivity contribution in [2.45, 2.75) is 63.2 Å². The van der Waals surface area contributed by atoms with E-state index >= 15 is 0 Å². The van der Waals surface area contributed by atoms with Gasteiger partial charge >= 0.3 is 11.9 Å². The number of aliphatic carboxylic acids is 2. The van der Waals surface area contributed by atoms with Crippen LogP contribution in [0.5, 0.6) is 0 Å². The molecule has 4 unspecified atom stereocenters. The van der Waals surface area contributed by atoms with Gasteiger partial charge in [-0.3, -0.25) is 29.0 Å². The molecule has 0 aromatic rings. The Bertz CT molecular complexity index is 799. The first-order chi connectivity index (χ1) is 15.7. The van der Waals surface area contributed by atoms with Gasteiger partial charge in [-0.25, -0.2) is 4.79 Å². The number of hydrogen-bond donors (Lipinski definition) is 9. The Labute approximate surface area is 194 Å². The Morgan fingerprint density at radius 1 is 0.853 bits per heavy atom. The zero-order valence-corrected chi connectivity index (χ0v) is 18.7. The van der Waals surface area contributed by atoms with Crippen LogP contribution in [0, 0.1) is 0 Å². The highest BCUT2D eigenvalue weighted by Gasteiger charge is 2.30. The average molecular weight is 489 g/mol. The molecule has 0 bridgehead atoms. The van der Waals surface area contributed by atoms with Crippen LogP contribution in [0.25, 0.3) is 0 Å². The predicted octanol–water partition coefficient (Wildman–Crippen LogP) is -4.33. The number of carbonyl (C=O) groups is 6. The van der Waals surface area contributed by atoms with E-state index in [1.54, 1.807) is 0 Å². The lowest BCUT2D eigenvalue weighted by atomic mass is 10.1. The van der Waals surface area contributed by atoms with Crippen molar-refractivity contribution >= 4 is 41.5 Å². The fourth-order valence-corrected chi connectivity index (χ4v) is 2.54. The van der Waals surface area contributed by atoms with Crippen LogP contribution in [-0.4, -0.2) is 82.5 Å². The van der Waals surface area contributed by atoms with Crippen molar-refractivity contribution < 1.29 is 39.0 Å². The summed E-state index contributed by atoms with van der Waals surface area (Å²) in [4.78, 5) is 74.0. The highest BCUT2D eigenvalue weighted by molar-refractivity contribution is 5.94.